The van der Waals surface area contributed by atoms with Crippen LogP contribution in [0.25, 0.3) is 0 Å². The van der Waals surface area contributed by atoms with Crippen LogP contribution in [0.3, 0.4) is 0 Å². The molecule has 0 unspecified atom stereocenters. The second kappa shape index (κ2) is 4.92. The Hall–Kier alpha value is -2.28. The van der Waals surface area contributed by atoms with E-state index in [1.165, 1.54) is 25.1 Å². The molecule has 0 fully saturated rings. The number of amides is 1. The molecule has 1 amide bonds. The highest BCUT2D eigenvalue weighted by Gasteiger charge is 2.11. The highest BCUT2D eigenvalue weighted by Crippen LogP contribution is 2.16. The van der Waals surface area contributed by atoms with Crippen molar-refractivity contribution in [3.63, 3.8) is 0 Å². The predicted octanol–water partition coefficient (Wildman–Crippen LogP) is 1.29. The number of carbonyl (C=O) groups excluding carboxylic acids is 2. The molecule has 0 saturated carbocycles. The van der Waals surface area contributed by atoms with Crippen molar-refractivity contribution >= 4 is 28.2 Å². The summed E-state index contributed by atoms with van der Waals surface area (Å²) in [4.78, 5) is 40.2. The molecule has 0 aliphatic heterocycles. The summed E-state index contributed by atoms with van der Waals surface area (Å²) in [6.07, 6.45) is 0. The monoisotopic (exact) mass is 263 g/mol. The first-order valence-electron chi connectivity index (χ1n) is 5.03. The van der Waals surface area contributed by atoms with Gasteiger partial charge < -0.3 is 4.98 Å². The van der Waals surface area contributed by atoms with Crippen LogP contribution in [-0.4, -0.2) is 21.7 Å². The van der Waals surface area contributed by atoms with Crippen molar-refractivity contribution < 1.29 is 9.59 Å². The first-order valence-corrected chi connectivity index (χ1v) is 5.91. The number of hydrogen-bond acceptors (Lipinski definition) is 5. The zero-order valence-corrected chi connectivity index (χ0v) is 10.2. The van der Waals surface area contributed by atoms with Crippen molar-refractivity contribution in [2.24, 2.45) is 0 Å². The van der Waals surface area contributed by atoms with Crippen molar-refractivity contribution in [3.05, 3.63) is 45.3 Å². The van der Waals surface area contributed by atoms with Crippen molar-refractivity contribution in [3.8, 4) is 0 Å². The van der Waals surface area contributed by atoms with Crippen LogP contribution in [-0.2, 0) is 0 Å². The maximum atomic E-state index is 11.7. The molecule has 2 heterocycles. The number of ketones is 1. The minimum Gasteiger partial charge on any atom is -0.318 e. The summed E-state index contributed by atoms with van der Waals surface area (Å²) in [5.74, 6) is -0.642. The zero-order valence-electron chi connectivity index (χ0n) is 9.39. The molecule has 0 aliphatic rings. The number of aromatic amines is 1. The molecule has 0 atom stereocenters. The van der Waals surface area contributed by atoms with E-state index in [1.807, 2.05) is 0 Å². The second-order valence-corrected chi connectivity index (χ2v) is 4.34. The molecule has 0 bridgehead atoms. The van der Waals surface area contributed by atoms with Crippen LogP contribution in [0.15, 0.2) is 28.4 Å². The van der Waals surface area contributed by atoms with Gasteiger partial charge in [-0.05, 0) is 6.07 Å². The summed E-state index contributed by atoms with van der Waals surface area (Å²) in [7, 11) is 0. The van der Waals surface area contributed by atoms with Gasteiger partial charge >= 0.3 is 0 Å². The fourth-order valence-corrected chi connectivity index (χ4v) is 1.98. The van der Waals surface area contributed by atoms with Crippen molar-refractivity contribution in [2.75, 3.05) is 5.32 Å². The Labute approximate surface area is 106 Å². The van der Waals surface area contributed by atoms with Gasteiger partial charge in [0.15, 0.2) is 10.9 Å². The molecule has 18 heavy (non-hydrogen) atoms. The average Bonchev–Trinajstić information content (AvgIpc) is 2.77. The standard InChI is InChI=1S/C11H9N3O3S/c1-6(15)8-5-18-11(13-8)14-10(17)7-3-2-4-9(16)12-7/h2-5H,1H3,(H,12,16)(H,13,14,17). The Morgan fingerprint density at radius 1 is 1.39 bits per heavy atom. The number of nitrogens with one attached hydrogen (secondary N) is 2. The SMILES string of the molecule is CC(=O)c1csc(NC(=O)c2cccc(=O)[nH]2)n1. The smallest absolute Gasteiger partial charge is 0.273 e. The molecule has 2 aromatic heterocycles. The van der Waals surface area contributed by atoms with Gasteiger partial charge in [-0.1, -0.05) is 6.07 Å². The maximum Gasteiger partial charge on any atom is 0.273 e. The predicted molar refractivity (Wildman–Crippen MR) is 67.1 cm³/mol. The summed E-state index contributed by atoms with van der Waals surface area (Å²) in [6, 6.07) is 4.28. The first-order chi connectivity index (χ1) is 8.56. The third-order valence-corrected chi connectivity index (χ3v) is 2.86. The summed E-state index contributed by atoms with van der Waals surface area (Å²) >= 11 is 1.15. The second-order valence-electron chi connectivity index (χ2n) is 3.48. The van der Waals surface area contributed by atoms with Crippen molar-refractivity contribution in [2.45, 2.75) is 6.92 Å². The third-order valence-electron chi connectivity index (χ3n) is 2.10. The van der Waals surface area contributed by atoms with Gasteiger partial charge in [-0.2, -0.15) is 0 Å². The number of pyridine rings is 1. The Morgan fingerprint density at radius 3 is 2.78 bits per heavy atom. The molecule has 0 radical (unpaired) electrons. The summed E-state index contributed by atoms with van der Waals surface area (Å²) < 4.78 is 0. The molecular weight excluding hydrogens is 254 g/mol. The van der Waals surface area contributed by atoms with Crippen LogP contribution in [0, 0.1) is 0 Å². The number of rotatable bonds is 3. The Bertz CT molecular complexity index is 659. The number of aromatic nitrogens is 2. The number of H-pyrrole nitrogens is 1. The number of hydrogen-bond donors (Lipinski definition) is 2. The molecule has 0 aromatic carbocycles. The van der Waals surface area contributed by atoms with Gasteiger partial charge in [0.2, 0.25) is 5.56 Å². The van der Waals surface area contributed by atoms with Crippen molar-refractivity contribution in [1.29, 1.82) is 0 Å². The summed E-state index contributed by atoms with van der Waals surface area (Å²) in [5, 5.41) is 4.38. The fourth-order valence-electron chi connectivity index (χ4n) is 1.24. The lowest BCUT2D eigenvalue weighted by Crippen LogP contribution is -2.17. The van der Waals surface area contributed by atoms with Crippen LogP contribution in [0.5, 0.6) is 0 Å². The van der Waals surface area contributed by atoms with Gasteiger partial charge in [-0.25, -0.2) is 4.98 Å². The fraction of sp³-hybridized carbons (Fsp3) is 0.0909. The number of nitrogens with zero attached hydrogens (tertiary/aromatic N) is 1. The summed E-state index contributed by atoms with van der Waals surface area (Å²) in [6.45, 7) is 1.40. The van der Waals surface area contributed by atoms with E-state index in [9.17, 15) is 14.4 Å². The van der Waals surface area contributed by atoms with Crippen LogP contribution in [0.2, 0.25) is 0 Å². The average molecular weight is 263 g/mol. The molecule has 0 spiro atoms. The van der Waals surface area contributed by atoms with E-state index in [4.69, 9.17) is 0 Å². The number of carbonyl (C=O) groups is 2. The van der Waals surface area contributed by atoms with E-state index in [2.05, 4.69) is 15.3 Å². The molecule has 2 aromatic rings. The molecule has 6 nitrogen and oxygen atoms in total. The van der Waals surface area contributed by atoms with Crippen LogP contribution in [0.4, 0.5) is 5.13 Å². The van der Waals surface area contributed by atoms with Crippen LogP contribution < -0.4 is 10.9 Å². The van der Waals surface area contributed by atoms with Gasteiger partial charge in [0.1, 0.15) is 11.4 Å². The lowest BCUT2D eigenvalue weighted by Gasteiger charge is -2.00. The van der Waals surface area contributed by atoms with Crippen LogP contribution >= 0.6 is 11.3 Å². The third kappa shape index (κ3) is 2.69. The van der Waals surface area contributed by atoms with E-state index in [0.717, 1.165) is 11.3 Å². The maximum absolute atomic E-state index is 11.7. The molecule has 7 heteroatoms. The molecule has 2 rings (SSSR count). The molecule has 0 aliphatic carbocycles. The van der Waals surface area contributed by atoms with Crippen molar-refractivity contribution in [1.82, 2.24) is 9.97 Å². The topological polar surface area (TPSA) is 91.9 Å². The summed E-state index contributed by atoms with van der Waals surface area (Å²) in [5.41, 5.74) is 0.0881. The normalized spacial score (nSPS) is 10.1. The molecule has 2 N–H and O–H groups in total. The number of Topliss-reactive ketones (excluding diaryl/α,β-unsaturated/α-hetero) is 1. The minimum atomic E-state index is -0.475. The van der Waals surface area contributed by atoms with Gasteiger partial charge in [0, 0.05) is 18.4 Å². The van der Waals surface area contributed by atoms with Gasteiger partial charge in [0.25, 0.3) is 5.91 Å². The highest BCUT2D eigenvalue weighted by molar-refractivity contribution is 7.14. The number of anilines is 1. The Balaban J connectivity index is 2.16. The quantitative estimate of drug-likeness (QED) is 0.816. The Morgan fingerprint density at radius 2 is 2.17 bits per heavy atom. The van der Waals surface area contributed by atoms with E-state index < -0.39 is 5.91 Å². The van der Waals surface area contributed by atoms with Gasteiger partial charge in [-0.15, -0.1) is 11.3 Å². The number of thiazole rings is 1. The van der Waals surface area contributed by atoms with E-state index >= 15 is 0 Å². The van der Waals surface area contributed by atoms with Gasteiger partial charge in [0.05, 0.1) is 0 Å². The highest BCUT2D eigenvalue weighted by atomic mass is 32.1. The van der Waals surface area contributed by atoms with E-state index in [1.54, 1.807) is 5.38 Å². The molecule has 0 saturated heterocycles. The van der Waals surface area contributed by atoms with Crippen LogP contribution in [0.1, 0.15) is 27.9 Å². The lowest BCUT2D eigenvalue weighted by molar-refractivity contribution is 0.100. The largest absolute Gasteiger partial charge is 0.318 e. The zero-order chi connectivity index (χ0) is 13.1. The van der Waals surface area contributed by atoms with E-state index in [-0.39, 0.29) is 17.0 Å². The lowest BCUT2D eigenvalue weighted by atomic mass is 10.3. The molecular formula is C11H9N3O3S. The minimum absolute atomic E-state index is 0.141. The Kier molecular flexibility index (Phi) is 3.33. The van der Waals surface area contributed by atoms with Gasteiger partial charge in [-0.3, -0.25) is 19.7 Å². The van der Waals surface area contributed by atoms with E-state index in [0.29, 0.717) is 10.8 Å². The first kappa shape index (κ1) is 12.2. The molecule has 92 valence electrons.